The van der Waals surface area contributed by atoms with E-state index >= 15 is 0 Å². The van der Waals surface area contributed by atoms with E-state index in [1.54, 1.807) is 6.92 Å². The van der Waals surface area contributed by atoms with Gasteiger partial charge >= 0.3 is 8.97 Å². The lowest BCUT2D eigenvalue weighted by atomic mass is 10.3. The molecule has 78 valence electrons. The molecule has 0 aliphatic rings. The summed E-state index contributed by atoms with van der Waals surface area (Å²) in [4.78, 5) is 29.9. The maximum absolute atomic E-state index is 11.2. The van der Waals surface area contributed by atoms with Gasteiger partial charge in [-0.25, -0.2) is 0 Å². The maximum Gasteiger partial charge on any atom is 0.630 e. The first-order valence-corrected chi connectivity index (χ1v) is 6.06. The van der Waals surface area contributed by atoms with Gasteiger partial charge in [0.05, 0.1) is 0 Å². The number of rotatable bonds is 5. The van der Waals surface area contributed by atoms with Crippen LogP contribution >= 0.6 is 0 Å². The third-order valence-corrected chi connectivity index (χ3v) is 3.41. The summed E-state index contributed by atoms with van der Waals surface area (Å²) in [6.45, 7) is 3.68. The molecule has 0 fully saturated rings. The van der Waals surface area contributed by atoms with Crippen molar-refractivity contribution in [1.82, 2.24) is 4.57 Å². The summed E-state index contributed by atoms with van der Waals surface area (Å²) in [5.74, 6) is -0.299. The lowest BCUT2D eigenvalue weighted by Crippen LogP contribution is -2.57. The summed E-state index contributed by atoms with van der Waals surface area (Å²) in [6, 6.07) is 0. The molecule has 6 heteroatoms. The lowest BCUT2D eigenvalue weighted by molar-refractivity contribution is -0.129. The van der Waals surface area contributed by atoms with Crippen LogP contribution in [-0.4, -0.2) is 42.7 Å². The van der Waals surface area contributed by atoms with E-state index in [0.717, 1.165) is 4.57 Å². The molecular formula is C7H17NO4Si. The van der Waals surface area contributed by atoms with Crippen LogP contribution in [0.3, 0.4) is 0 Å². The van der Waals surface area contributed by atoms with Crippen molar-refractivity contribution in [3.63, 3.8) is 0 Å². The largest absolute Gasteiger partial charge is 0.630 e. The molecule has 0 heterocycles. The molecule has 0 rings (SSSR count). The van der Waals surface area contributed by atoms with Crippen LogP contribution in [0.15, 0.2) is 0 Å². The molecule has 0 bridgehead atoms. The average Bonchev–Trinajstić information content (AvgIpc) is 2.03. The highest BCUT2D eigenvalue weighted by Gasteiger charge is 2.41. The maximum atomic E-state index is 11.2. The van der Waals surface area contributed by atoms with Crippen LogP contribution in [0, 0.1) is 0 Å². The van der Waals surface area contributed by atoms with Crippen LogP contribution in [0.5, 0.6) is 0 Å². The second-order valence-electron chi connectivity index (χ2n) is 2.71. The Morgan fingerprint density at radius 1 is 1.46 bits per heavy atom. The van der Waals surface area contributed by atoms with Gasteiger partial charge in [0, 0.05) is 20.1 Å². The van der Waals surface area contributed by atoms with E-state index in [0.29, 0.717) is 12.8 Å². The molecular weight excluding hydrogens is 190 g/mol. The first-order chi connectivity index (χ1) is 5.95. The first-order valence-electron chi connectivity index (χ1n) is 4.31. The Morgan fingerprint density at radius 2 is 2.00 bits per heavy atom. The Labute approximate surface area is 79.4 Å². The minimum Gasteiger partial charge on any atom is -0.373 e. The second-order valence-corrected chi connectivity index (χ2v) is 4.82. The number of carbonyl (C=O) groups is 1. The van der Waals surface area contributed by atoms with E-state index in [-0.39, 0.29) is 12.5 Å². The van der Waals surface area contributed by atoms with Crippen LogP contribution < -0.4 is 0 Å². The lowest BCUT2D eigenvalue weighted by Gasteiger charge is -2.26. The van der Waals surface area contributed by atoms with Gasteiger partial charge in [-0.3, -0.25) is 4.79 Å². The minimum absolute atomic E-state index is 0.183. The molecule has 0 aliphatic heterocycles. The molecule has 0 aromatic carbocycles. The average molecular weight is 207 g/mol. The highest BCUT2D eigenvalue weighted by atomic mass is 28.4. The van der Waals surface area contributed by atoms with Gasteiger partial charge in [-0.15, -0.1) is 0 Å². The fraction of sp³-hybridized carbons (Fsp3) is 0.857. The molecule has 0 unspecified atom stereocenters. The predicted molar refractivity (Wildman–Crippen MR) is 49.5 cm³/mol. The van der Waals surface area contributed by atoms with Crippen LogP contribution in [-0.2, 0) is 9.22 Å². The molecule has 5 nitrogen and oxygen atoms in total. The summed E-state index contributed by atoms with van der Waals surface area (Å²) in [6.07, 6.45) is 0.985. The van der Waals surface area contributed by atoms with E-state index in [4.69, 9.17) is 4.43 Å². The molecule has 0 aromatic rings. The summed E-state index contributed by atoms with van der Waals surface area (Å²) in [7, 11) is -2.58. The highest BCUT2D eigenvalue weighted by Crippen LogP contribution is 2.05. The zero-order valence-corrected chi connectivity index (χ0v) is 9.28. The molecule has 13 heavy (non-hydrogen) atoms. The third-order valence-electron chi connectivity index (χ3n) is 1.61. The van der Waals surface area contributed by atoms with Crippen molar-refractivity contribution in [2.24, 2.45) is 0 Å². The highest BCUT2D eigenvalue weighted by molar-refractivity contribution is 6.57. The smallest absolute Gasteiger partial charge is 0.373 e. The molecule has 0 aliphatic carbocycles. The Balaban J connectivity index is 4.21. The van der Waals surface area contributed by atoms with Gasteiger partial charge in [-0.1, -0.05) is 6.92 Å². The van der Waals surface area contributed by atoms with Gasteiger partial charge in [-0.05, 0) is 13.3 Å². The van der Waals surface area contributed by atoms with Gasteiger partial charge in [0.2, 0.25) is 5.91 Å². The number of amides is 1. The van der Waals surface area contributed by atoms with Gasteiger partial charge < -0.3 is 18.6 Å². The van der Waals surface area contributed by atoms with E-state index < -0.39 is 8.97 Å². The van der Waals surface area contributed by atoms with Crippen molar-refractivity contribution in [3.05, 3.63) is 0 Å². The van der Waals surface area contributed by atoms with Crippen LogP contribution in [0.1, 0.15) is 26.7 Å². The van der Waals surface area contributed by atoms with Gasteiger partial charge in [-0.2, -0.15) is 0 Å². The number of hydrogen-bond donors (Lipinski definition) is 2. The fourth-order valence-corrected chi connectivity index (χ4v) is 1.85. The summed E-state index contributed by atoms with van der Waals surface area (Å²) in [5.41, 5.74) is 0. The van der Waals surface area contributed by atoms with Gasteiger partial charge in [0.1, 0.15) is 0 Å². The predicted octanol–water partition coefficient (Wildman–Crippen LogP) is -0.298. The molecule has 0 atom stereocenters. The van der Waals surface area contributed by atoms with Crippen molar-refractivity contribution < 1.29 is 18.8 Å². The summed E-state index contributed by atoms with van der Waals surface area (Å²) >= 11 is 0. The summed E-state index contributed by atoms with van der Waals surface area (Å²) in [5, 5.41) is 0. The van der Waals surface area contributed by atoms with Crippen LogP contribution in [0.4, 0.5) is 0 Å². The monoisotopic (exact) mass is 207 g/mol. The van der Waals surface area contributed by atoms with Crippen molar-refractivity contribution >= 4 is 14.9 Å². The Hall–Kier alpha value is -0.433. The molecule has 1 amide bonds. The number of carbonyl (C=O) groups excluding carboxylic acids is 1. The Bertz CT molecular complexity index is 174. The SMILES string of the molecule is CCCC(=O)N(C)[Si](O)(O)OCC. The number of hydrogen-bond acceptors (Lipinski definition) is 4. The quantitative estimate of drug-likeness (QED) is 0.607. The van der Waals surface area contributed by atoms with Crippen LogP contribution in [0.2, 0.25) is 0 Å². The van der Waals surface area contributed by atoms with Crippen molar-refractivity contribution in [3.8, 4) is 0 Å². The van der Waals surface area contributed by atoms with Crippen molar-refractivity contribution in [1.29, 1.82) is 0 Å². The fourth-order valence-electron chi connectivity index (χ4n) is 0.834. The number of nitrogens with zero attached hydrogens (tertiary/aromatic N) is 1. The van der Waals surface area contributed by atoms with E-state index in [1.807, 2.05) is 6.92 Å². The minimum atomic E-state index is -3.92. The Kier molecular flexibility index (Phi) is 5.15. The molecule has 2 N–H and O–H groups in total. The van der Waals surface area contributed by atoms with Crippen LogP contribution in [0.25, 0.3) is 0 Å². The standard InChI is InChI=1S/C7H17NO4Si/c1-4-6-7(9)8(3)13(10,11)12-5-2/h10-11H,4-6H2,1-3H3. The van der Waals surface area contributed by atoms with E-state index in [9.17, 15) is 14.4 Å². The van der Waals surface area contributed by atoms with Gasteiger partial charge in [0.25, 0.3) is 0 Å². The van der Waals surface area contributed by atoms with Crippen molar-refractivity contribution in [2.75, 3.05) is 13.7 Å². The Morgan fingerprint density at radius 3 is 2.38 bits per heavy atom. The van der Waals surface area contributed by atoms with Gasteiger partial charge in [0.15, 0.2) is 0 Å². The first kappa shape index (κ1) is 12.6. The topological polar surface area (TPSA) is 70.0 Å². The third kappa shape index (κ3) is 3.86. The van der Waals surface area contributed by atoms with Crippen molar-refractivity contribution in [2.45, 2.75) is 26.7 Å². The molecule has 0 aromatic heterocycles. The molecule has 0 spiro atoms. The molecule has 0 radical (unpaired) electrons. The van der Waals surface area contributed by atoms with E-state index in [2.05, 4.69) is 0 Å². The molecule has 0 saturated carbocycles. The second kappa shape index (κ2) is 5.33. The normalized spacial score (nSPS) is 11.5. The zero-order valence-electron chi connectivity index (χ0n) is 8.28. The molecule has 0 saturated heterocycles. The van der Waals surface area contributed by atoms with E-state index in [1.165, 1.54) is 7.05 Å². The summed E-state index contributed by atoms with van der Waals surface area (Å²) < 4.78 is 5.63. The zero-order chi connectivity index (χ0) is 10.5.